The van der Waals surface area contributed by atoms with Crippen LogP contribution in [-0.2, 0) is 0 Å². The van der Waals surface area contributed by atoms with Crippen LogP contribution in [-0.4, -0.2) is 36.1 Å². The van der Waals surface area contributed by atoms with E-state index < -0.39 is 0 Å². The molecule has 20 heavy (non-hydrogen) atoms. The fourth-order valence-corrected chi connectivity index (χ4v) is 2.44. The van der Waals surface area contributed by atoms with E-state index in [-0.39, 0.29) is 0 Å². The normalized spacial score (nSPS) is 15.4. The summed E-state index contributed by atoms with van der Waals surface area (Å²) in [4.78, 5) is 13.4. The van der Waals surface area contributed by atoms with Gasteiger partial charge in [-0.2, -0.15) is 0 Å². The number of aromatic nitrogens is 2. The first-order valence-corrected chi connectivity index (χ1v) is 6.87. The number of piperazine rings is 1. The molecule has 2 aromatic rings. The summed E-state index contributed by atoms with van der Waals surface area (Å²) in [6.07, 6.45) is 1.82. The van der Waals surface area contributed by atoms with Crippen LogP contribution in [0, 0.1) is 6.92 Å². The third-order valence-electron chi connectivity index (χ3n) is 3.60. The van der Waals surface area contributed by atoms with Gasteiger partial charge < -0.3 is 15.5 Å². The zero-order chi connectivity index (χ0) is 13.9. The molecule has 3 rings (SSSR count). The number of nitrogens with zero attached hydrogens (tertiary/aromatic N) is 4. The van der Waals surface area contributed by atoms with E-state index in [1.165, 1.54) is 5.69 Å². The van der Waals surface area contributed by atoms with Crippen LogP contribution in [0.1, 0.15) is 5.69 Å². The van der Waals surface area contributed by atoms with Gasteiger partial charge in [0.05, 0.1) is 0 Å². The Morgan fingerprint density at radius 2 is 1.60 bits per heavy atom. The monoisotopic (exact) mass is 269 g/mol. The molecule has 0 spiro atoms. The summed E-state index contributed by atoms with van der Waals surface area (Å²) in [5.41, 5.74) is 8.77. The molecule has 1 saturated heterocycles. The molecule has 0 bridgehead atoms. The van der Waals surface area contributed by atoms with Gasteiger partial charge in [-0.1, -0.05) is 0 Å². The highest BCUT2D eigenvalue weighted by atomic mass is 15.3. The van der Waals surface area contributed by atoms with E-state index in [1.807, 2.05) is 31.3 Å². The number of rotatable bonds is 2. The van der Waals surface area contributed by atoms with Crippen molar-refractivity contribution in [2.45, 2.75) is 6.92 Å². The lowest BCUT2D eigenvalue weighted by molar-refractivity contribution is 0.639. The highest BCUT2D eigenvalue weighted by molar-refractivity contribution is 5.54. The predicted octanol–water partition coefficient (Wildman–Crippen LogP) is 1.69. The van der Waals surface area contributed by atoms with Gasteiger partial charge in [0.2, 0.25) is 5.95 Å². The Balaban J connectivity index is 1.66. The molecule has 1 aliphatic heterocycles. The minimum absolute atomic E-state index is 0.806. The Morgan fingerprint density at radius 3 is 2.25 bits per heavy atom. The topological polar surface area (TPSA) is 58.3 Å². The van der Waals surface area contributed by atoms with Gasteiger partial charge in [0.15, 0.2) is 0 Å². The molecule has 0 unspecified atom stereocenters. The van der Waals surface area contributed by atoms with Crippen molar-refractivity contribution in [3.63, 3.8) is 0 Å². The summed E-state index contributed by atoms with van der Waals surface area (Å²) < 4.78 is 0. The zero-order valence-corrected chi connectivity index (χ0v) is 11.7. The van der Waals surface area contributed by atoms with Gasteiger partial charge in [0, 0.05) is 49.4 Å². The van der Waals surface area contributed by atoms with Gasteiger partial charge in [0.25, 0.3) is 0 Å². The summed E-state index contributed by atoms with van der Waals surface area (Å²) in [5, 5.41) is 0. The number of nitrogen functional groups attached to an aromatic ring is 1. The van der Waals surface area contributed by atoms with Crippen molar-refractivity contribution in [3.8, 4) is 0 Å². The summed E-state index contributed by atoms with van der Waals surface area (Å²) >= 11 is 0. The van der Waals surface area contributed by atoms with Gasteiger partial charge in [-0.25, -0.2) is 9.97 Å². The van der Waals surface area contributed by atoms with Crippen LogP contribution >= 0.6 is 0 Å². The molecule has 0 atom stereocenters. The smallest absolute Gasteiger partial charge is 0.225 e. The minimum Gasteiger partial charge on any atom is -0.399 e. The third-order valence-corrected chi connectivity index (χ3v) is 3.60. The molecule has 2 N–H and O–H groups in total. The van der Waals surface area contributed by atoms with E-state index in [4.69, 9.17) is 5.73 Å². The van der Waals surface area contributed by atoms with Crippen molar-refractivity contribution in [1.82, 2.24) is 9.97 Å². The van der Waals surface area contributed by atoms with Gasteiger partial charge in [-0.15, -0.1) is 0 Å². The molecule has 1 aromatic carbocycles. The quantitative estimate of drug-likeness (QED) is 0.841. The Bertz CT molecular complexity index is 573. The Labute approximate surface area is 119 Å². The summed E-state index contributed by atoms with van der Waals surface area (Å²) in [5.74, 6) is 0.835. The second-order valence-electron chi connectivity index (χ2n) is 5.06. The van der Waals surface area contributed by atoms with Crippen LogP contribution in [0.2, 0.25) is 0 Å². The van der Waals surface area contributed by atoms with Crippen molar-refractivity contribution >= 4 is 17.3 Å². The first-order valence-electron chi connectivity index (χ1n) is 6.87. The average molecular weight is 269 g/mol. The van der Waals surface area contributed by atoms with Crippen LogP contribution < -0.4 is 15.5 Å². The number of benzene rings is 1. The number of aryl methyl sites for hydroxylation is 1. The molecule has 104 valence electrons. The molecule has 5 heteroatoms. The second kappa shape index (κ2) is 5.36. The van der Waals surface area contributed by atoms with Gasteiger partial charge in [0.1, 0.15) is 0 Å². The maximum atomic E-state index is 5.73. The first-order chi connectivity index (χ1) is 9.72. The molecule has 0 amide bonds. The van der Waals surface area contributed by atoms with Crippen LogP contribution in [0.4, 0.5) is 17.3 Å². The van der Waals surface area contributed by atoms with E-state index in [9.17, 15) is 0 Å². The van der Waals surface area contributed by atoms with Crippen LogP contribution in [0.3, 0.4) is 0 Å². The predicted molar refractivity (Wildman–Crippen MR) is 82.0 cm³/mol. The van der Waals surface area contributed by atoms with Crippen molar-refractivity contribution in [3.05, 3.63) is 42.2 Å². The van der Waals surface area contributed by atoms with Crippen molar-refractivity contribution in [1.29, 1.82) is 0 Å². The average Bonchev–Trinajstić information content (AvgIpc) is 2.48. The third kappa shape index (κ3) is 2.66. The number of hydrogen-bond donors (Lipinski definition) is 1. The molecule has 0 saturated carbocycles. The van der Waals surface area contributed by atoms with E-state index >= 15 is 0 Å². The molecule has 5 nitrogen and oxygen atoms in total. The lowest BCUT2D eigenvalue weighted by Gasteiger charge is -2.36. The van der Waals surface area contributed by atoms with Crippen LogP contribution in [0.15, 0.2) is 36.5 Å². The fourth-order valence-electron chi connectivity index (χ4n) is 2.44. The van der Waals surface area contributed by atoms with Crippen LogP contribution in [0.25, 0.3) is 0 Å². The molecular weight excluding hydrogens is 250 g/mol. The summed E-state index contributed by atoms with van der Waals surface area (Å²) in [6.45, 7) is 5.82. The number of hydrogen-bond acceptors (Lipinski definition) is 5. The number of anilines is 3. The van der Waals surface area contributed by atoms with E-state index in [2.05, 4.69) is 31.9 Å². The molecule has 1 aromatic heterocycles. The maximum absolute atomic E-state index is 5.73. The van der Waals surface area contributed by atoms with E-state index in [1.54, 1.807) is 0 Å². The highest BCUT2D eigenvalue weighted by Gasteiger charge is 2.19. The lowest BCUT2D eigenvalue weighted by atomic mass is 10.2. The first kappa shape index (κ1) is 12.7. The SMILES string of the molecule is Cc1ccnc(N2CCN(c3ccc(N)cc3)CC2)n1. The van der Waals surface area contributed by atoms with E-state index in [0.29, 0.717) is 0 Å². The minimum atomic E-state index is 0.806. The second-order valence-corrected chi connectivity index (χ2v) is 5.06. The van der Waals surface area contributed by atoms with Gasteiger partial charge in [-0.3, -0.25) is 0 Å². The van der Waals surface area contributed by atoms with Crippen LogP contribution in [0.5, 0.6) is 0 Å². The molecule has 1 fully saturated rings. The fraction of sp³-hybridized carbons (Fsp3) is 0.333. The Kier molecular flexibility index (Phi) is 3.41. The van der Waals surface area contributed by atoms with Crippen molar-refractivity contribution in [2.24, 2.45) is 0 Å². The molecule has 1 aliphatic rings. The molecule has 2 heterocycles. The lowest BCUT2D eigenvalue weighted by Crippen LogP contribution is -2.47. The Morgan fingerprint density at radius 1 is 0.950 bits per heavy atom. The molecule has 0 aliphatic carbocycles. The van der Waals surface area contributed by atoms with Crippen molar-refractivity contribution < 1.29 is 0 Å². The van der Waals surface area contributed by atoms with E-state index in [0.717, 1.165) is 43.5 Å². The molecule has 0 radical (unpaired) electrons. The summed E-state index contributed by atoms with van der Waals surface area (Å²) in [7, 11) is 0. The largest absolute Gasteiger partial charge is 0.399 e. The number of nitrogens with two attached hydrogens (primary N) is 1. The summed E-state index contributed by atoms with van der Waals surface area (Å²) in [6, 6.07) is 9.98. The standard InChI is InChI=1S/C15H19N5/c1-12-6-7-17-15(18-12)20-10-8-19(9-11-20)14-4-2-13(16)3-5-14/h2-7H,8-11,16H2,1H3. The Hall–Kier alpha value is -2.30. The van der Waals surface area contributed by atoms with Gasteiger partial charge in [-0.05, 0) is 37.3 Å². The highest BCUT2D eigenvalue weighted by Crippen LogP contribution is 2.19. The zero-order valence-electron chi connectivity index (χ0n) is 11.7. The maximum Gasteiger partial charge on any atom is 0.225 e. The van der Waals surface area contributed by atoms with Gasteiger partial charge >= 0.3 is 0 Å². The van der Waals surface area contributed by atoms with Crippen molar-refractivity contribution in [2.75, 3.05) is 41.7 Å². The molecular formula is C15H19N5.